The number of amides is 2. The average molecular weight is 493 g/mol. The van der Waals surface area contributed by atoms with Crippen LogP contribution in [0, 0.1) is 0 Å². The van der Waals surface area contributed by atoms with Gasteiger partial charge in [-0.25, -0.2) is 4.98 Å². The smallest absolute Gasteiger partial charge is 0.254 e. The molecule has 4 heterocycles. The first kappa shape index (κ1) is 23.0. The van der Waals surface area contributed by atoms with Gasteiger partial charge in [-0.1, -0.05) is 18.2 Å². The number of imidazole rings is 1. The van der Waals surface area contributed by atoms with E-state index in [4.69, 9.17) is 0 Å². The molecule has 186 valence electrons. The van der Waals surface area contributed by atoms with Crippen molar-refractivity contribution in [3.05, 3.63) is 102 Å². The largest absolute Gasteiger partial charge is 0.348 e. The Morgan fingerprint density at radius 2 is 1.84 bits per heavy atom. The molecule has 1 saturated heterocycles. The summed E-state index contributed by atoms with van der Waals surface area (Å²) in [6.07, 6.45) is 9.29. The van der Waals surface area contributed by atoms with E-state index in [2.05, 4.69) is 15.4 Å². The summed E-state index contributed by atoms with van der Waals surface area (Å²) in [7, 11) is 1.87. The Kier molecular flexibility index (Phi) is 5.92. The Labute approximate surface area is 214 Å². The summed E-state index contributed by atoms with van der Waals surface area (Å²) in [4.78, 5) is 32.2. The van der Waals surface area contributed by atoms with Crippen LogP contribution in [-0.4, -0.2) is 49.0 Å². The fourth-order valence-corrected chi connectivity index (χ4v) is 5.19. The molecule has 0 atom stereocenters. The van der Waals surface area contributed by atoms with E-state index in [1.807, 2.05) is 89.5 Å². The first-order valence-electron chi connectivity index (χ1n) is 12.6. The maximum Gasteiger partial charge on any atom is 0.254 e. The lowest BCUT2D eigenvalue weighted by Crippen LogP contribution is -2.38. The van der Waals surface area contributed by atoms with Crippen molar-refractivity contribution in [2.45, 2.75) is 25.3 Å². The molecule has 1 fully saturated rings. The molecule has 8 nitrogen and oxygen atoms in total. The molecular formula is C29H28N6O2. The molecule has 0 saturated carbocycles. The van der Waals surface area contributed by atoms with Crippen LogP contribution in [0.15, 0.2) is 79.4 Å². The van der Waals surface area contributed by atoms with Gasteiger partial charge in [0, 0.05) is 62.4 Å². The van der Waals surface area contributed by atoms with E-state index in [0.29, 0.717) is 36.7 Å². The molecule has 2 aromatic carbocycles. The van der Waals surface area contributed by atoms with E-state index in [1.165, 1.54) is 5.56 Å². The number of pyridine rings is 1. The van der Waals surface area contributed by atoms with Crippen LogP contribution >= 0.6 is 0 Å². The second-order valence-corrected chi connectivity index (χ2v) is 9.64. The zero-order chi connectivity index (χ0) is 25.4. The number of hydrogen-bond donors (Lipinski definition) is 1. The second-order valence-electron chi connectivity index (χ2n) is 9.64. The fraction of sp³-hybridized carbons (Fsp3) is 0.241. The zero-order valence-electron chi connectivity index (χ0n) is 20.7. The average Bonchev–Trinajstić information content (AvgIpc) is 3.56. The summed E-state index contributed by atoms with van der Waals surface area (Å²) in [5.74, 6) is 0.340. The summed E-state index contributed by atoms with van der Waals surface area (Å²) in [5, 5.41) is 8.31. The highest BCUT2D eigenvalue weighted by atomic mass is 16.2. The number of aromatic nitrogens is 4. The van der Waals surface area contributed by atoms with E-state index in [9.17, 15) is 9.59 Å². The number of piperidine rings is 1. The molecule has 2 amide bonds. The lowest BCUT2D eigenvalue weighted by Gasteiger charge is -2.32. The summed E-state index contributed by atoms with van der Waals surface area (Å²) in [5.41, 5.74) is 5.27. The monoisotopic (exact) mass is 492 g/mol. The van der Waals surface area contributed by atoms with Crippen molar-refractivity contribution in [2.75, 3.05) is 13.1 Å². The number of hydrogen-bond acceptors (Lipinski definition) is 4. The van der Waals surface area contributed by atoms with E-state index < -0.39 is 0 Å². The van der Waals surface area contributed by atoms with Crippen LogP contribution in [0.25, 0.3) is 16.6 Å². The summed E-state index contributed by atoms with van der Waals surface area (Å²) >= 11 is 0. The number of benzene rings is 2. The molecule has 3 aromatic heterocycles. The van der Waals surface area contributed by atoms with E-state index in [1.54, 1.807) is 10.9 Å². The first-order valence-corrected chi connectivity index (χ1v) is 12.6. The maximum atomic E-state index is 13.2. The van der Waals surface area contributed by atoms with Gasteiger partial charge in [0.15, 0.2) is 0 Å². The SMILES string of the molecule is Cn1cc2c(C(=O)N3CCC(c4ccc(C(=O)NCc5ccn6ccnc6c5)cc4)CC3)cccc2n1. The molecular weight excluding hydrogens is 464 g/mol. The Hall–Kier alpha value is -4.46. The molecule has 5 aromatic rings. The van der Waals surface area contributed by atoms with Crippen LogP contribution in [0.2, 0.25) is 0 Å². The topological polar surface area (TPSA) is 84.5 Å². The minimum Gasteiger partial charge on any atom is -0.348 e. The highest BCUT2D eigenvalue weighted by molar-refractivity contribution is 6.06. The standard InChI is InChI=1S/C29H28N6O2/c1-33-19-25-24(3-2-4-26(25)32-33)29(37)35-14-10-22(11-15-35)21-5-7-23(8-6-21)28(36)31-18-20-9-13-34-16-12-30-27(34)17-20/h2-9,12-13,16-17,19,22H,10-11,14-15,18H2,1H3,(H,31,36). The Morgan fingerprint density at radius 3 is 2.65 bits per heavy atom. The Balaban J connectivity index is 1.05. The zero-order valence-corrected chi connectivity index (χ0v) is 20.7. The molecule has 0 bridgehead atoms. The van der Waals surface area contributed by atoms with Crippen molar-refractivity contribution < 1.29 is 9.59 Å². The highest BCUT2D eigenvalue weighted by Crippen LogP contribution is 2.30. The predicted molar refractivity (Wildman–Crippen MR) is 141 cm³/mol. The minimum absolute atomic E-state index is 0.0657. The van der Waals surface area contributed by atoms with Gasteiger partial charge in [0.1, 0.15) is 5.65 Å². The first-order chi connectivity index (χ1) is 18.0. The lowest BCUT2D eigenvalue weighted by molar-refractivity contribution is 0.0714. The minimum atomic E-state index is -0.0974. The molecule has 0 spiro atoms. The van der Waals surface area contributed by atoms with Crippen molar-refractivity contribution in [1.82, 2.24) is 29.4 Å². The number of rotatable bonds is 5. The van der Waals surface area contributed by atoms with Gasteiger partial charge in [-0.15, -0.1) is 0 Å². The van der Waals surface area contributed by atoms with E-state index >= 15 is 0 Å². The van der Waals surface area contributed by atoms with Crippen LogP contribution in [0.3, 0.4) is 0 Å². The summed E-state index contributed by atoms with van der Waals surface area (Å²) in [6.45, 7) is 1.87. The van der Waals surface area contributed by atoms with Crippen molar-refractivity contribution in [2.24, 2.45) is 7.05 Å². The number of carbonyl (C=O) groups excluding carboxylic acids is 2. The number of fused-ring (bicyclic) bond motifs is 2. The van der Waals surface area contributed by atoms with Gasteiger partial charge in [0.25, 0.3) is 11.8 Å². The number of likely N-dealkylation sites (tertiary alicyclic amines) is 1. The Bertz CT molecular complexity index is 1590. The van der Waals surface area contributed by atoms with Crippen molar-refractivity contribution >= 4 is 28.4 Å². The van der Waals surface area contributed by atoms with Crippen LogP contribution in [0.5, 0.6) is 0 Å². The third-order valence-corrected chi connectivity index (χ3v) is 7.24. The Morgan fingerprint density at radius 1 is 1.03 bits per heavy atom. The van der Waals surface area contributed by atoms with Gasteiger partial charge in [-0.3, -0.25) is 14.3 Å². The fourth-order valence-electron chi connectivity index (χ4n) is 5.19. The third-order valence-electron chi connectivity index (χ3n) is 7.24. The maximum absolute atomic E-state index is 13.2. The van der Waals surface area contributed by atoms with Crippen molar-refractivity contribution in [3.63, 3.8) is 0 Å². The van der Waals surface area contributed by atoms with Crippen LogP contribution in [-0.2, 0) is 13.6 Å². The van der Waals surface area contributed by atoms with Crippen LogP contribution in [0.1, 0.15) is 50.6 Å². The molecule has 0 aliphatic carbocycles. The van der Waals surface area contributed by atoms with Gasteiger partial charge in [0.2, 0.25) is 0 Å². The molecule has 8 heteroatoms. The molecule has 6 rings (SSSR count). The van der Waals surface area contributed by atoms with Crippen LogP contribution < -0.4 is 5.32 Å². The number of nitrogens with zero attached hydrogens (tertiary/aromatic N) is 5. The molecule has 1 aliphatic heterocycles. The molecule has 37 heavy (non-hydrogen) atoms. The molecule has 0 radical (unpaired) electrons. The number of nitrogens with one attached hydrogen (secondary N) is 1. The number of carbonyl (C=O) groups is 2. The van der Waals surface area contributed by atoms with Crippen molar-refractivity contribution in [3.8, 4) is 0 Å². The molecule has 0 unspecified atom stereocenters. The highest BCUT2D eigenvalue weighted by Gasteiger charge is 2.26. The van der Waals surface area contributed by atoms with E-state index in [0.717, 1.165) is 35.0 Å². The number of aryl methyl sites for hydroxylation is 1. The quantitative estimate of drug-likeness (QED) is 0.399. The molecule has 1 N–H and O–H groups in total. The lowest BCUT2D eigenvalue weighted by atomic mass is 9.88. The molecule has 1 aliphatic rings. The van der Waals surface area contributed by atoms with Crippen LogP contribution in [0.4, 0.5) is 0 Å². The summed E-state index contributed by atoms with van der Waals surface area (Å²) < 4.78 is 3.68. The van der Waals surface area contributed by atoms with Gasteiger partial charge < -0.3 is 14.6 Å². The normalized spacial score (nSPS) is 14.4. The van der Waals surface area contributed by atoms with E-state index in [-0.39, 0.29) is 11.8 Å². The summed E-state index contributed by atoms with van der Waals surface area (Å²) in [6, 6.07) is 17.5. The van der Waals surface area contributed by atoms with Gasteiger partial charge in [-0.2, -0.15) is 5.10 Å². The van der Waals surface area contributed by atoms with Gasteiger partial charge in [0.05, 0.1) is 11.1 Å². The van der Waals surface area contributed by atoms with Crippen molar-refractivity contribution in [1.29, 1.82) is 0 Å². The third kappa shape index (κ3) is 4.58. The van der Waals surface area contributed by atoms with Gasteiger partial charge in [-0.05, 0) is 66.3 Å². The predicted octanol–water partition coefficient (Wildman–Crippen LogP) is 4.17. The van der Waals surface area contributed by atoms with Gasteiger partial charge >= 0.3 is 0 Å². The second kappa shape index (κ2) is 9.54.